The lowest BCUT2D eigenvalue weighted by Gasteiger charge is -2.16. The molecule has 1 aliphatic rings. The van der Waals surface area contributed by atoms with Crippen LogP contribution in [0.3, 0.4) is 0 Å². The number of carboxylic acids is 1. The molecule has 1 amide bonds. The fourth-order valence-electron chi connectivity index (χ4n) is 2.36. The first-order chi connectivity index (χ1) is 8.52. The highest BCUT2D eigenvalue weighted by Gasteiger charge is 2.24. The molecule has 18 heavy (non-hydrogen) atoms. The van der Waals surface area contributed by atoms with Crippen LogP contribution in [0, 0.1) is 23.2 Å². The fourth-order valence-corrected chi connectivity index (χ4v) is 2.36. The van der Waals surface area contributed by atoms with Crippen LogP contribution >= 0.6 is 0 Å². The van der Waals surface area contributed by atoms with Crippen molar-refractivity contribution in [1.29, 1.82) is 5.26 Å². The maximum absolute atomic E-state index is 11.7. The molecule has 0 aliphatic heterocycles. The number of nitrogens with one attached hydrogen (secondary N) is 1. The Morgan fingerprint density at radius 2 is 2.06 bits per heavy atom. The molecule has 0 aromatic rings. The minimum Gasteiger partial charge on any atom is -0.480 e. The number of nitrogens with zero attached hydrogens (tertiary/aromatic N) is 1. The summed E-state index contributed by atoms with van der Waals surface area (Å²) in [6, 6.07) is 1.03. The minimum atomic E-state index is -1.07. The number of carbonyl (C=O) groups is 2. The first-order valence-electron chi connectivity index (χ1n) is 6.44. The number of carboxylic acid groups (broad SMARTS) is 1. The van der Waals surface area contributed by atoms with Gasteiger partial charge in [0.15, 0.2) is 0 Å². The molecule has 0 spiro atoms. The number of carbonyl (C=O) groups excluding carboxylic acids is 1. The molecule has 0 aromatic carbocycles. The van der Waals surface area contributed by atoms with Crippen LogP contribution < -0.4 is 5.32 Å². The summed E-state index contributed by atoms with van der Waals surface area (Å²) in [6.45, 7) is 1.65. The molecule has 1 saturated carbocycles. The van der Waals surface area contributed by atoms with E-state index in [9.17, 15) is 9.59 Å². The lowest BCUT2D eigenvalue weighted by Crippen LogP contribution is -2.42. The van der Waals surface area contributed by atoms with E-state index < -0.39 is 12.0 Å². The molecule has 0 aromatic heterocycles. The third-order valence-electron chi connectivity index (χ3n) is 3.39. The van der Waals surface area contributed by atoms with Gasteiger partial charge in [0.05, 0.1) is 6.07 Å². The van der Waals surface area contributed by atoms with Crippen LogP contribution in [-0.2, 0) is 9.59 Å². The molecule has 5 heteroatoms. The Bertz CT molecular complexity index is 343. The van der Waals surface area contributed by atoms with Gasteiger partial charge in [-0.15, -0.1) is 0 Å². The predicted molar refractivity (Wildman–Crippen MR) is 65.5 cm³/mol. The predicted octanol–water partition coefficient (Wildman–Crippen LogP) is 1.69. The molecule has 2 atom stereocenters. The second-order valence-corrected chi connectivity index (χ2v) is 5.08. The van der Waals surface area contributed by atoms with E-state index >= 15 is 0 Å². The number of rotatable bonds is 6. The van der Waals surface area contributed by atoms with E-state index in [2.05, 4.69) is 5.32 Å². The van der Waals surface area contributed by atoms with Crippen molar-refractivity contribution in [2.24, 2.45) is 11.8 Å². The van der Waals surface area contributed by atoms with E-state index in [1.54, 1.807) is 6.92 Å². The molecule has 2 N–H and O–H groups in total. The molecular weight excluding hydrogens is 232 g/mol. The van der Waals surface area contributed by atoms with E-state index in [1.807, 2.05) is 6.07 Å². The molecule has 1 rings (SSSR count). The van der Waals surface area contributed by atoms with Crippen LogP contribution in [0.5, 0.6) is 0 Å². The summed E-state index contributed by atoms with van der Waals surface area (Å²) in [4.78, 5) is 22.7. The van der Waals surface area contributed by atoms with Crippen LogP contribution in [-0.4, -0.2) is 23.0 Å². The Kier molecular flexibility index (Phi) is 5.63. The van der Waals surface area contributed by atoms with E-state index in [0.717, 1.165) is 25.7 Å². The van der Waals surface area contributed by atoms with Crippen molar-refractivity contribution in [1.82, 2.24) is 5.32 Å². The van der Waals surface area contributed by atoms with Crippen molar-refractivity contribution in [2.45, 2.75) is 51.5 Å². The van der Waals surface area contributed by atoms with Gasteiger partial charge in [-0.3, -0.25) is 4.79 Å². The van der Waals surface area contributed by atoms with Crippen molar-refractivity contribution in [3.8, 4) is 6.07 Å². The molecule has 100 valence electrons. The average Bonchev–Trinajstić information content (AvgIpc) is 2.80. The Balaban J connectivity index is 2.42. The van der Waals surface area contributed by atoms with Crippen LogP contribution in [0.25, 0.3) is 0 Å². The Morgan fingerprint density at radius 3 is 2.56 bits per heavy atom. The van der Waals surface area contributed by atoms with Gasteiger partial charge in [-0.2, -0.15) is 5.26 Å². The lowest BCUT2D eigenvalue weighted by molar-refractivity contribution is -0.142. The molecular formula is C13H20N2O3. The average molecular weight is 252 g/mol. The highest BCUT2D eigenvalue weighted by molar-refractivity contribution is 5.83. The summed E-state index contributed by atoms with van der Waals surface area (Å²) in [6.07, 6.45) is 4.99. The molecule has 1 aliphatic carbocycles. The van der Waals surface area contributed by atoms with Gasteiger partial charge in [0, 0.05) is 12.3 Å². The van der Waals surface area contributed by atoms with Gasteiger partial charge >= 0.3 is 5.97 Å². The topological polar surface area (TPSA) is 90.2 Å². The van der Waals surface area contributed by atoms with Crippen molar-refractivity contribution in [2.75, 3.05) is 0 Å². The van der Waals surface area contributed by atoms with Crippen molar-refractivity contribution < 1.29 is 14.7 Å². The lowest BCUT2D eigenvalue weighted by atomic mass is 10.0. The van der Waals surface area contributed by atoms with Crippen molar-refractivity contribution in [3.63, 3.8) is 0 Å². The zero-order chi connectivity index (χ0) is 13.5. The molecule has 0 heterocycles. The Hall–Kier alpha value is -1.57. The third-order valence-corrected chi connectivity index (χ3v) is 3.39. The highest BCUT2D eigenvalue weighted by Crippen LogP contribution is 2.27. The second-order valence-electron chi connectivity index (χ2n) is 5.08. The highest BCUT2D eigenvalue weighted by atomic mass is 16.4. The van der Waals surface area contributed by atoms with Gasteiger partial charge in [-0.05, 0) is 32.1 Å². The van der Waals surface area contributed by atoms with Gasteiger partial charge < -0.3 is 10.4 Å². The van der Waals surface area contributed by atoms with Gasteiger partial charge in [-0.1, -0.05) is 12.8 Å². The quantitative estimate of drug-likeness (QED) is 0.752. The smallest absolute Gasteiger partial charge is 0.326 e. The maximum Gasteiger partial charge on any atom is 0.326 e. The van der Waals surface area contributed by atoms with E-state index in [4.69, 9.17) is 10.4 Å². The summed E-state index contributed by atoms with van der Waals surface area (Å²) < 4.78 is 0. The zero-order valence-corrected chi connectivity index (χ0v) is 10.7. The standard InChI is InChI=1S/C13H20N2O3/c1-9(8-14)6-11(13(17)18)15-12(16)7-10-4-2-3-5-10/h9-11H,2-7H2,1H3,(H,15,16)(H,17,18)/t9-,11-/m0/s1. The fraction of sp³-hybridized carbons (Fsp3) is 0.769. The van der Waals surface area contributed by atoms with E-state index in [-0.39, 0.29) is 18.2 Å². The van der Waals surface area contributed by atoms with Gasteiger partial charge in [0.2, 0.25) is 5.91 Å². The van der Waals surface area contributed by atoms with E-state index in [1.165, 1.54) is 0 Å². The van der Waals surface area contributed by atoms with Crippen LogP contribution in [0.1, 0.15) is 45.4 Å². The summed E-state index contributed by atoms with van der Waals surface area (Å²) in [5.41, 5.74) is 0. The number of hydrogen-bond acceptors (Lipinski definition) is 3. The Labute approximate surface area is 107 Å². The number of nitriles is 1. The van der Waals surface area contributed by atoms with Gasteiger partial charge in [0.25, 0.3) is 0 Å². The number of aliphatic carboxylic acids is 1. The molecule has 0 saturated heterocycles. The first kappa shape index (κ1) is 14.5. The number of amides is 1. The van der Waals surface area contributed by atoms with Crippen LogP contribution in [0.15, 0.2) is 0 Å². The molecule has 0 radical (unpaired) electrons. The molecule has 5 nitrogen and oxygen atoms in total. The van der Waals surface area contributed by atoms with Crippen LogP contribution in [0.2, 0.25) is 0 Å². The second kappa shape index (κ2) is 7.00. The summed E-state index contributed by atoms with van der Waals surface area (Å²) in [7, 11) is 0. The SMILES string of the molecule is C[C@H](C#N)C[C@H](NC(=O)CC1CCCC1)C(=O)O. The summed E-state index contributed by atoms with van der Waals surface area (Å²) >= 11 is 0. The number of hydrogen-bond donors (Lipinski definition) is 2. The van der Waals surface area contributed by atoms with Gasteiger partial charge in [-0.25, -0.2) is 4.79 Å². The first-order valence-corrected chi connectivity index (χ1v) is 6.44. The monoisotopic (exact) mass is 252 g/mol. The summed E-state index contributed by atoms with van der Waals surface area (Å²) in [5.74, 6) is -1.26. The van der Waals surface area contributed by atoms with Crippen molar-refractivity contribution >= 4 is 11.9 Å². The summed E-state index contributed by atoms with van der Waals surface area (Å²) in [5, 5.41) is 20.2. The van der Waals surface area contributed by atoms with Crippen LogP contribution in [0.4, 0.5) is 0 Å². The van der Waals surface area contributed by atoms with Crippen molar-refractivity contribution in [3.05, 3.63) is 0 Å². The minimum absolute atomic E-state index is 0.155. The zero-order valence-electron chi connectivity index (χ0n) is 10.7. The van der Waals surface area contributed by atoms with E-state index in [0.29, 0.717) is 12.3 Å². The molecule has 0 unspecified atom stereocenters. The molecule has 1 fully saturated rings. The third kappa shape index (κ3) is 4.74. The van der Waals surface area contributed by atoms with Gasteiger partial charge in [0.1, 0.15) is 6.04 Å². The molecule has 0 bridgehead atoms. The maximum atomic E-state index is 11.7. The largest absolute Gasteiger partial charge is 0.480 e. The Morgan fingerprint density at radius 1 is 1.44 bits per heavy atom. The normalized spacial score (nSPS) is 18.9.